The summed E-state index contributed by atoms with van der Waals surface area (Å²) in [7, 11) is -0.890. The van der Waals surface area contributed by atoms with Gasteiger partial charge in [0.1, 0.15) is 48.8 Å². The van der Waals surface area contributed by atoms with Gasteiger partial charge in [0.05, 0.1) is 39.6 Å². The van der Waals surface area contributed by atoms with E-state index in [1.165, 1.54) is 0 Å². The van der Waals surface area contributed by atoms with Gasteiger partial charge in [-0.25, -0.2) is 0 Å². The topological polar surface area (TPSA) is 102 Å². The summed E-state index contributed by atoms with van der Waals surface area (Å²) in [6, 6.07) is 50.3. The molecule has 5 aromatic carbocycles. The van der Waals surface area contributed by atoms with Crippen LogP contribution in [-0.2, 0) is 78.2 Å². The summed E-state index contributed by atoms with van der Waals surface area (Å²) in [4.78, 5) is 0. The smallest absolute Gasteiger partial charge is 0.192 e. The summed E-state index contributed by atoms with van der Waals surface area (Å²) in [6.45, 7) is 12.7. The molecular formula is C54H66O11Si. The Bertz CT molecular complexity index is 2160. The van der Waals surface area contributed by atoms with Crippen molar-refractivity contribution in [3.8, 4) is 0 Å². The molecular weight excluding hydrogens is 853 g/mol. The van der Waals surface area contributed by atoms with Gasteiger partial charge < -0.3 is 51.8 Å². The average Bonchev–Trinajstić information content (AvgIpc) is 3.34. The maximum atomic E-state index is 7.36. The molecule has 0 N–H and O–H groups in total. The third kappa shape index (κ3) is 12.3. The van der Waals surface area contributed by atoms with Gasteiger partial charge in [0.25, 0.3) is 0 Å². The summed E-state index contributed by atoms with van der Waals surface area (Å²) < 4.78 is 74.9. The number of benzene rings is 5. The third-order valence-corrected chi connectivity index (χ3v) is 17.5. The van der Waals surface area contributed by atoms with Crippen LogP contribution in [0.2, 0.25) is 18.1 Å². The van der Waals surface area contributed by atoms with Gasteiger partial charge in [-0.05, 0) is 40.4 Å². The summed E-state index contributed by atoms with van der Waals surface area (Å²) in [5, 5.41) is -0.145. The zero-order valence-corrected chi connectivity index (χ0v) is 40.0. The monoisotopic (exact) mass is 918 g/mol. The molecule has 0 spiro atoms. The lowest BCUT2D eigenvalue weighted by Crippen LogP contribution is -2.66. The highest BCUT2D eigenvalue weighted by molar-refractivity contribution is 6.74. The maximum absolute atomic E-state index is 7.36. The van der Waals surface area contributed by atoms with Crippen LogP contribution in [0.3, 0.4) is 0 Å². The molecule has 12 heteroatoms. The first-order chi connectivity index (χ1) is 32.1. The Hall–Kier alpha value is -4.12. The molecule has 0 aliphatic carbocycles. The van der Waals surface area contributed by atoms with E-state index in [9.17, 15) is 0 Å². The van der Waals surface area contributed by atoms with Crippen LogP contribution in [0.5, 0.6) is 0 Å². The molecule has 352 valence electrons. The molecule has 0 saturated carbocycles. The highest BCUT2D eigenvalue weighted by Gasteiger charge is 2.55. The number of methoxy groups -OCH3 is 1. The zero-order valence-electron chi connectivity index (χ0n) is 39.0. The van der Waals surface area contributed by atoms with E-state index in [4.69, 9.17) is 51.8 Å². The maximum Gasteiger partial charge on any atom is 0.192 e. The van der Waals surface area contributed by atoms with E-state index in [2.05, 4.69) is 46.0 Å². The van der Waals surface area contributed by atoms with Crippen molar-refractivity contribution in [3.05, 3.63) is 179 Å². The van der Waals surface area contributed by atoms with Gasteiger partial charge in [-0.15, -0.1) is 0 Å². The van der Waals surface area contributed by atoms with Crippen molar-refractivity contribution in [1.29, 1.82) is 0 Å². The molecule has 0 unspecified atom stereocenters. The van der Waals surface area contributed by atoms with Gasteiger partial charge in [-0.2, -0.15) is 0 Å². The van der Waals surface area contributed by atoms with Crippen molar-refractivity contribution in [1.82, 2.24) is 0 Å². The van der Waals surface area contributed by atoms with Crippen LogP contribution in [-0.4, -0.2) is 90.1 Å². The van der Waals surface area contributed by atoms with Crippen molar-refractivity contribution < 1.29 is 51.8 Å². The lowest BCUT2D eigenvalue weighted by atomic mass is 9.96. The van der Waals surface area contributed by atoms with Crippen LogP contribution in [0.1, 0.15) is 54.9 Å². The Labute approximate surface area is 391 Å². The second-order valence-electron chi connectivity index (χ2n) is 18.7. The quantitative estimate of drug-likeness (QED) is 0.0741. The molecule has 3 heterocycles. The number of ether oxygens (including phenoxy) is 10. The SMILES string of the molecule is CO[C@H]1O[C@H](CO[C@H]2O[C@@H]3CO[C@@H](c4ccccc4)O[C@H]3[C@H](OCc3ccccc3)[C@@H]2O[Si](C)(C)C(C)(C)C)[C@@H](OCc2ccccc2)[C@H](OCc2ccccc2)[C@@H]1OCc1ccccc1. The molecule has 0 radical (unpaired) electrons. The van der Waals surface area contributed by atoms with Crippen LogP contribution in [0.25, 0.3) is 0 Å². The molecule has 3 saturated heterocycles. The predicted octanol–water partition coefficient (Wildman–Crippen LogP) is 9.95. The summed E-state index contributed by atoms with van der Waals surface area (Å²) >= 11 is 0. The van der Waals surface area contributed by atoms with Gasteiger partial charge in [0.15, 0.2) is 27.2 Å². The molecule has 66 heavy (non-hydrogen) atoms. The second-order valence-corrected chi connectivity index (χ2v) is 23.5. The first kappa shape index (κ1) is 48.3. The molecule has 0 aromatic heterocycles. The fourth-order valence-corrected chi connectivity index (χ4v) is 9.60. The highest BCUT2D eigenvalue weighted by Crippen LogP contribution is 2.43. The zero-order chi connectivity index (χ0) is 45.9. The summed E-state index contributed by atoms with van der Waals surface area (Å²) in [6.07, 6.45) is -7.37. The van der Waals surface area contributed by atoms with Crippen molar-refractivity contribution in [2.75, 3.05) is 20.3 Å². The first-order valence-electron chi connectivity index (χ1n) is 23.1. The van der Waals surface area contributed by atoms with E-state index in [1.807, 2.05) is 140 Å². The normalized spacial score (nSPS) is 28.1. The summed E-state index contributed by atoms with van der Waals surface area (Å²) in [5.41, 5.74) is 4.97. The van der Waals surface area contributed by atoms with Crippen LogP contribution in [0.15, 0.2) is 152 Å². The lowest BCUT2D eigenvalue weighted by Gasteiger charge is -2.52. The molecule has 3 fully saturated rings. The minimum Gasteiger partial charge on any atom is -0.406 e. The van der Waals surface area contributed by atoms with Crippen LogP contribution < -0.4 is 0 Å². The largest absolute Gasteiger partial charge is 0.406 e. The van der Waals surface area contributed by atoms with Gasteiger partial charge >= 0.3 is 0 Å². The van der Waals surface area contributed by atoms with Gasteiger partial charge in [0, 0.05) is 12.7 Å². The Kier molecular flexibility index (Phi) is 16.7. The third-order valence-electron chi connectivity index (χ3n) is 13.0. The Morgan fingerprint density at radius 1 is 0.500 bits per heavy atom. The number of hydrogen-bond acceptors (Lipinski definition) is 11. The Morgan fingerprint density at radius 3 is 1.44 bits per heavy atom. The van der Waals surface area contributed by atoms with Crippen molar-refractivity contribution in [2.24, 2.45) is 0 Å². The molecule has 11 nitrogen and oxygen atoms in total. The van der Waals surface area contributed by atoms with E-state index in [-0.39, 0.29) is 18.3 Å². The van der Waals surface area contributed by atoms with Crippen LogP contribution in [0, 0.1) is 0 Å². The van der Waals surface area contributed by atoms with Gasteiger partial charge in [0.2, 0.25) is 0 Å². The fraction of sp³-hybridized carbons (Fsp3) is 0.444. The molecule has 8 rings (SSSR count). The Morgan fingerprint density at radius 2 is 0.955 bits per heavy atom. The minimum absolute atomic E-state index is 0.0368. The molecule has 0 bridgehead atoms. The molecule has 0 amide bonds. The lowest BCUT2D eigenvalue weighted by molar-refractivity contribution is -0.373. The van der Waals surface area contributed by atoms with E-state index >= 15 is 0 Å². The van der Waals surface area contributed by atoms with Crippen molar-refractivity contribution in [2.45, 2.75) is 133 Å². The molecule has 3 aliphatic heterocycles. The van der Waals surface area contributed by atoms with Gasteiger partial charge in [-0.1, -0.05) is 172 Å². The van der Waals surface area contributed by atoms with Crippen LogP contribution in [0.4, 0.5) is 0 Å². The molecule has 3 aliphatic rings. The van der Waals surface area contributed by atoms with Gasteiger partial charge in [-0.3, -0.25) is 0 Å². The fourth-order valence-electron chi connectivity index (χ4n) is 8.32. The van der Waals surface area contributed by atoms with E-state index < -0.39 is 76.0 Å². The molecule has 11 atom stereocenters. The molecule has 5 aromatic rings. The number of fused-ring (bicyclic) bond motifs is 1. The van der Waals surface area contributed by atoms with Crippen LogP contribution >= 0.6 is 0 Å². The first-order valence-corrected chi connectivity index (χ1v) is 26.0. The van der Waals surface area contributed by atoms with E-state index in [0.29, 0.717) is 26.4 Å². The number of rotatable bonds is 19. The minimum atomic E-state index is -2.51. The highest BCUT2D eigenvalue weighted by atomic mass is 28.4. The average molecular weight is 919 g/mol. The standard InChI is InChI=1S/C54H66O11Si/c1-54(2,3)66(5,6)65-50-48(58-34-40-26-16-9-17-27-40)46-44(37-60-51(64-46)42-30-20-11-21-31-42)63-53(50)61-36-43-45(56-32-38-22-12-7-13-23-38)47(57-33-39-24-14-8-15-25-39)49(52(55-4)62-43)59-35-41-28-18-10-19-29-41/h7-31,43-53H,32-37H2,1-6H3/t43-,44-,45-,46-,47+,48+,49+,50+,51-,52+,53+/m1/s1. The van der Waals surface area contributed by atoms with E-state index in [1.54, 1.807) is 7.11 Å². The Balaban J connectivity index is 1.12. The predicted molar refractivity (Wildman–Crippen MR) is 252 cm³/mol. The van der Waals surface area contributed by atoms with E-state index in [0.717, 1.165) is 27.8 Å². The van der Waals surface area contributed by atoms with Crippen molar-refractivity contribution >= 4 is 8.32 Å². The number of hydrogen-bond donors (Lipinski definition) is 0. The van der Waals surface area contributed by atoms with Crippen molar-refractivity contribution in [3.63, 3.8) is 0 Å². The second kappa shape index (κ2) is 22.8. The summed E-state index contributed by atoms with van der Waals surface area (Å²) in [5.74, 6) is 0.